The topological polar surface area (TPSA) is 184 Å². The minimum atomic E-state index is -0.504. The smallest absolute Gasteiger partial charge is 0.453 e. The Balaban J connectivity index is 0. The number of aromatic nitrogens is 6. The fourth-order valence-electron chi connectivity index (χ4n) is 2.02. The van der Waals surface area contributed by atoms with E-state index in [1.54, 1.807) is 43.5 Å². The van der Waals surface area contributed by atoms with Crippen molar-refractivity contribution in [3.05, 3.63) is 49.3 Å². The van der Waals surface area contributed by atoms with Crippen LogP contribution in [0.1, 0.15) is 5.56 Å². The zero-order valence-corrected chi connectivity index (χ0v) is 18.9. The molecule has 0 aliphatic rings. The van der Waals surface area contributed by atoms with Gasteiger partial charge in [-0.3, -0.25) is 23.5 Å². The molecular weight excluding hydrogens is 549 g/mol. The average molecular weight is 576 g/mol. The third-order valence-electron chi connectivity index (χ3n) is 3.11. The van der Waals surface area contributed by atoms with Crippen LogP contribution >= 0.6 is 0 Å². The van der Waals surface area contributed by atoms with E-state index in [2.05, 4.69) is 26.4 Å². The first-order valence-corrected chi connectivity index (χ1v) is 7.72. The Morgan fingerprint density at radius 2 is 1.54 bits per heavy atom. The van der Waals surface area contributed by atoms with Gasteiger partial charge in [0.2, 0.25) is 5.56 Å². The fourth-order valence-corrected chi connectivity index (χ4v) is 2.02. The second kappa shape index (κ2) is 12.8. The second-order valence-electron chi connectivity index (χ2n) is 5.02. The van der Waals surface area contributed by atoms with Gasteiger partial charge in [0, 0.05) is 5.95 Å². The number of imidazole rings is 1. The van der Waals surface area contributed by atoms with Crippen molar-refractivity contribution in [2.45, 2.75) is 6.92 Å². The predicted octanol–water partition coefficient (Wildman–Crippen LogP) is -3.54. The molecule has 0 radical (unpaired) electrons. The van der Waals surface area contributed by atoms with E-state index in [1.165, 1.54) is 24.9 Å². The largest absolute Gasteiger partial charge is 4.00 e. The summed E-state index contributed by atoms with van der Waals surface area (Å²) in [5.41, 5.74) is 14.6. The van der Waals surface area contributed by atoms with E-state index in [1.807, 2.05) is 0 Å². The van der Waals surface area contributed by atoms with E-state index in [4.69, 9.17) is 5.73 Å². The van der Waals surface area contributed by atoms with Crippen LogP contribution in [-0.4, -0.2) is 28.2 Å². The van der Waals surface area contributed by atoms with Crippen LogP contribution < -0.4 is 48.5 Å². The first-order valence-electron chi connectivity index (χ1n) is 7.72. The molecule has 28 heavy (non-hydrogen) atoms. The maximum Gasteiger partial charge on any atom is 4.00 e. The van der Waals surface area contributed by atoms with E-state index in [-0.39, 0.29) is 32.6 Å². The van der Waals surface area contributed by atoms with Gasteiger partial charge in [0.05, 0.1) is 14.1 Å². The molecule has 12 nitrogen and oxygen atoms in total. The van der Waals surface area contributed by atoms with Crippen molar-refractivity contribution in [2.24, 2.45) is 32.6 Å². The maximum absolute atomic E-state index is 11.4. The molecule has 3 heterocycles. The average Bonchev–Trinajstić information content (AvgIpc) is 2.91. The molecule has 0 unspecified atom stereocenters. The summed E-state index contributed by atoms with van der Waals surface area (Å²) in [5.74, 6) is 0.0132. The third kappa shape index (κ3) is 6.87. The van der Waals surface area contributed by atoms with Gasteiger partial charge in [0.1, 0.15) is 0 Å². The molecule has 0 spiro atoms. The van der Waals surface area contributed by atoms with Gasteiger partial charge in [-0.25, -0.2) is 0 Å². The Labute approximate surface area is 175 Å². The molecule has 0 aliphatic carbocycles. The summed E-state index contributed by atoms with van der Waals surface area (Å²) in [6.07, 6.45) is 3.22. The van der Waals surface area contributed by atoms with Crippen LogP contribution in [0.3, 0.4) is 0 Å². The molecule has 13 heteroatoms. The van der Waals surface area contributed by atoms with E-state index < -0.39 is 11.2 Å². The van der Waals surface area contributed by atoms with Crippen molar-refractivity contribution in [2.75, 3.05) is 19.8 Å². The maximum atomic E-state index is 11.4. The van der Waals surface area contributed by atoms with Crippen molar-refractivity contribution < 1.29 is 25.6 Å². The Bertz CT molecular complexity index is 1020. The van der Waals surface area contributed by atoms with Crippen LogP contribution in [-0.2, 0) is 42.2 Å². The summed E-state index contributed by atoms with van der Waals surface area (Å²) in [4.78, 5) is 43.4. The molecule has 0 saturated carbocycles. The SMILES string of the molecule is CN.CN.Cc1cn(C)c(=O)[n-]c1=O.Cn1c[n+](C)c2nc(N)[n-]c(=O)c21.[Pt+4]. The zero-order chi connectivity index (χ0) is 21.3. The van der Waals surface area contributed by atoms with Crippen LogP contribution in [0.4, 0.5) is 5.95 Å². The van der Waals surface area contributed by atoms with Gasteiger partial charge in [-0.1, -0.05) is 13.2 Å². The molecule has 156 valence electrons. The molecule has 0 aliphatic heterocycles. The monoisotopic (exact) mass is 575 g/mol. The Morgan fingerprint density at radius 3 is 2.04 bits per heavy atom. The standard InChI is InChI=1S/C7H9N5O.C6H8N2O2.2CH5N.Pt/c1-11-3-12(2)5-4(11)6(13)10-7(8)9-5;1-4-3-8(2)6(10)7-5(4)9;2*1-2;/h3H,1-2H3,(H2-,8,9,10,13);3H,1-2H3,(H,7,9,10);2*2H2,1H3;/q;;;;+4/p-1. The third-order valence-corrected chi connectivity index (χ3v) is 3.11. The van der Waals surface area contributed by atoms with E-state index in [0.29, 0.717) is 16.7 Å². The molecule has 0 saturated heterocycles. The van der Waals surface area contributed by atoms with Crippen molar-refractivity contribution in [3.8, 4) is 0 Å². The summed E-state index contributed by atoms with van der Waals surface area (Å²) in [6.45, 7) is 1.62. The molecule has 0 atom stereocenters. The number of nitrogen functional groups attached to an aromatic ring is 1. The van der Waals surface area contributed by atoms with Crippen LogP contribution in [0.25, 0.3) is 11.2 Å². The summed E-state index contributed by atoms with van der Waals surface area (Å²) in [5, 5.41) is 0. The summed E-state index contributed by atoms with van der Waals surface area (Å²) < 4.78 is 4.68. The van der Waals surface area contributed by atoms with E-state index in [0.717, 1.165) is 0 Å². The van der Waals surface area contributed by atoms with Gasteiger partial charge in [0.15, 0.2) is 28.7 Å². The van der Waals surface area contributed by atoms with Gasteiger partial charge in [-0.2, -0.15) is 0 Å². The Hall–Kier alpha value is -2.56. The normalized spacial score (nSPS) is 9.00. The predicted molar refractivity (Wildman–Crippen MR) is 102 cm³/mol. The molecule has 3 rings (SSSR count). The van der Waals surface area contributed by atoms with Crippen LogP contribution in [0.2, 0.25) is 0 Å². The minimum Gasteiger partial charge on any atom is -0.453 e. The number of hydrogen-bond acceptors (Lipinski definition) is 7. The number of nitrogens with two attached hydrogens (primary N) is 3. The number of anilines is 1. The van der Waals surface area contributed by atoms with E-state index >= 15 is 0 Å². The van der Waals surface area contributed by atoms with Crippen LogP contribution in [0, 0.1) is 6.92 Å². The number of fused-ring (bicyclic) bond motifs is 1. The Morgan fingerprint density at radius 1 is 1.00 bits per heavy atom. The quantitative estimate of drug-likeness (QED) is 0.229. The number of rotatable bonds is 0. The second-order valence-corrected chi connectivity index (χ2v) is 5.02. The van der Waals surface area contributed by atoms with E-state index in [9.17, 15) is 14.4 Å². The zero-order valence-electron chi connectivity index (χ0n) is 16.6. The molecule has 0 fully saturated rings. The molecule has 3 aromatic heterocycles. The summed E-state index contributed by atoms with van der Waals surface area (Å²) >= 11 is 0. The molecule has 0 amide bonds. The summed E-state index contributed by atoms with van der Waals surface area (Å²) in [6, 6.07) is 0. The molecule has 0 aromatic carbocycles. The first-order chi connectivity index (χ1) is 12.7. The van der Waals surface area contributed by atoms with Crippen molar-refractivity contribution >= 4 is 17.1 Å². The number of aryl methyl sites for hydroxylation is 4. The van der Waals surface area contributed by atoms with Crippen molar-refractivity contribution in [1.29, 1.82) is 0 Å². The molecular formula is C15H26N9O3Pt+3. The molecule has 6 N–H and O–H groups in total. The minimum absolute atomic E-state index is 0. The number of nitrogens with zero attached hydrogens (tertiary/aromatic N) is 6. The van der Waals surface area contributed by atoms with Gasteiger partial charge >= 0.3 is 21.1 Å². The van der Waals surface area contributed by atoms with Gasteiger partial charge in [0.25, 0.3) is 0 Å². The van der Waals surface area contributed by atoms with Crippen molar-refractivity contribution in [3.63, 3.8) is 0 Å². The van der Waals surface area contributed by atoms with Gasteiger partial charge in [-0.05, 0) is 26.6 Å². The van der Waals surface area contributed by atoms with Gasteiger partial charge < -0.3 is 36.7 Å². The molecule has 0 bridgehead atoms. The van der Waals surface area contributed by atoms with Crippen LogP contribution in [0.5, 0.6) is 0 Å². The number of hydrogen-bond donors (Lipinski definition) is 3. The summed E-state index contributed by atoms with van der Waals surface area (Å²) in [7, 11) is 8.12. The first kappa shape index (κ1) is 27.7. The molecule has 3 aromatic rings. The van der Waals surface area contributed by atoms with Crippen LogP contribution in [0.15, 0.2) is 26.9 Å². The van der Waals surface area contributed by atoms with Gasteiger partial charge in [-0.15, -0.1) is 0 Å². The fraction of sp³-hybridized carbons (Fsp3) is 0.400. The Kier molecular flexibility index (Phi) is 12.6. The van der Waals surface area contributed by atoms with Crippen molar-refractivity contribution in [1.82, 2.24) is 24.1 Å².